The number of ether oxygens (including phenoxy) is 2. The maximum atomic E-state index is 13.5. The number of imidazole rings is 1. The Morgan fingerprint density at radius 1 is 1.18 bits per heavy atom. The fourth-order valence-electron chi connectivity index (χ4n) is 4.93. The molecule has 3 aromatic rings. The predicted molar refractivity (Wildman–Crippen MR) is 129 cm³/mol. The Labute approximate surface area is 195 Å². The van der Waals surface area contributed by atoms with E-state index in [1.807, 2.05) is 30.3 Å². The molecule has 1 aliphatic rings. The second-order valence-electron chi connectivity index (χ2n) is 9.02. The van der Waals surface area contributed by atoms with Crippen LogP contribution in [0.1, 0.15) is 67.7 Å². The van der Waals surface area contributed by atoms with Crippen LogP contribution in [0, 0.1) is 0 Å². The fourth-order valence-corrected chi connectivity index (χ4v) is 4.93. The molecule has 0 atom stereocenters. The van der Waals surface area contributed by atoms with Crippen LogP contribution in [0.2, 0.25) is 0 Å². The van der Waals surface area contributed by atoms with E-state index in [4.69, 9.17) is 9.47 Å². The van der Waals surface area contributed by atoms with Crippen molar-refractivity contribution in [3.8, 4) is 5.75 Å². The lowest BCUT2D eigenvalue weighted by atomic mass is 9.92. The zero-order valence-corrected chi connectivity index (χ0v) is 20.1. The van der Waals surface area contributed by atoms with Gasteiger partial charge in [0.1, 0.15) is 18.2 Å². The molecule has 0 N–H and O–H groups in total. The van der Waals surface area contributed by atoms with E-state index in [-0.39, 0.29) is 11.9 Å². The van der Waals surface area contributed by atoms with Gasteiger partial charge in [0.05, 0.1) is 19.2 Å². The van der Waals surface area contributed by atoms with Gasteiger partial charge in [-0.15, -0.1) is 0 Å². The van der Waals surface area contributed by atoms with Crippen LogP contribution in [0.3, 0.4) is 0 Å². The second kappa shape index (κ2) is 10.3. The lowest BCUT2D eigenvalue weighted by Gasteiger charge is -2.37. The molecule has 2 heterocycles. The monoisotopic (exact) mass is 450 g/mol. The number of fused-ring (bicyclic) bond motifs is 1. The summed E-state index contributed by atoms with van der Waals surface area (Å²) in [7, 11) is 3.31. The highest BCUT2D eigenvalue weighted by Crippen LogP contribution is 2.29. The summed E-state index contributed by atoms with van der Waals surface area (Å²) in [6, 6.07) is 10.2. The Balaban J connectivity index is 1.64. The number of hydrogen-bond donors (Lipinski definition) is 0. The van der Waals surface area contributed by atoms with Crippen LogP contribution < -0.4 is 4.74 Å². The number of nitrogens with zero attached hydrogens (tertiary/aromatic N) is 4. The number of rotatable bonds is 8. The topological polar surface area (TPSA) is 69.5 Å². The fraction of sp³-hybridized carbons (Fsp3) is 0.500. The number of pyridine rings is 1. The van der Waals surface area contributed by atoms with E-state index in [0.29, 0.717) is 36.2 Å². The molecule has 7 heteroatoms. The molecule has 4 rings (SSSR count). The van der Waals surface area contributed by atoms with Crippen molar-refractivity contribution in [2.24, 2.45) is 0 Å². The number of hydrogen-bond acceptors (Lipinski definition) is 5. The van der Waals surface area contributed by atoms with Crippen molar-refractivity contribution in [2.45, 2.75) is 71.2 Å². The van der Waals surface area contributed by atoms with Crippen LogP contribution >= 0.6 is 0 Å². The SMILES string of the molecule is COCc1nc2ncccc2n1Cc1ccc(C(=O)N(C(C)C)C2CCCCC2)cc1OC. The minimum Gasteiger partial charge on any atom is -0.496 e. The molecule has 33 heavy (non-hydrogen) atoms. The predicted octanol–water partition coefficient (Wildman–Crippen LogP) is 4.82. The van der Waals surface area contributed by atoms with Crippen molar-refractivity contribution < 1.29 is 14.3 Å². The number of amides is 1. The first-order valence-electron chi connectivity index (χ1n) is 11.8. The highest BCUT2D eigenvalue weighted by molar-refractivity contribution is 5.95. The molecule has 0 unspecified atom stereocenters. The third-order valence-electron chi connectivity index (χ3n) is 6.50. The van der Waals surface area contributed by atoms with Gasteiger partial charge in [0.2, 0.25) is 0 Å². The molecule has 1 amide bonds. The maximum Gasteiger partial charge on any atom is 0.254 e. The Kier molecular flexibility index (Phi) is 7.28. The summed E-state index contributed by atoms with van der Waals surface area (Å²) in [6.07, 6.45) is 7.57. The molecule has 176 valence electrons. The molecule has 2 aromatic heterocycles. The summed E-state index contributed by atoms with van der Waals surface area (Å²) in [4.78, 5) is 24.6. The number of benzene rings is 1. The molecular formula is C26H34N4O3. The van der Waals surface area contributed by atoms with Gasteiger partial charge in [-0.05, 0) is 51.0 Å². The number of carbonyl (C=O) groups excluding carboxylic acids is 1. The molecule has 1 aromatic carbocycles. The van der Waals surface area contributed by atoms with Crippen molar-refractivity contribution >= 4 is 17.1 Å². The van der Waals surface area contributed by atoms with E-state index >= 15 is 0 Å². The molecule has 0 radical (unpaired) electrons. The van der Waals surface area contributed by atoms with Crippen LogP contribution in [0.25, 0.3) is 11.2 Å². The van der Waals surface area contributed by atoms with Gasteiger partial charge < -0.3 is 18.9 Å². The van der Waals surface area contributed by atoms with E-state index in [1.54, 1.807) is 20.4 Å². The van der Waals surface area contributed by atoms with Crippen molar-refractivity contribution in [3.63, 3.8) is 0 Å². The normalized spacial score (nSPS) is 14.7. The summed E-state index contributed by atoms with van der Waals surface area (Å²) < 4.78 is 13.2. The quantitative estimate of drug-likeness (QED) is 0.492. The third-order valence-corrected chi connectivity index (χ3v) is 6.50. The molecule has 7 nitrogen and oxygen atoms in total. The average molecular weight is 451 g/mol. The Morgan fingerprint density at radius 3 is 2.67 bits per heavy atom. The van der Waals surface area contributed by atoms with Crippen molar-refractivity contribution in [1.29, 1.82) is 0 Å². The van der Waals surface area contributed by atoms with Gasteiger partial charge in [-0.2, -0.15) is 0 Å². The van der Waals surface area contributed by atoms with Gasteiger partial charge in [-0.3, -0.25) is 4.79 Å². The standard InChI is InChI=1S/C26H34N4O3/c1-18(2)30(21-9-6-5-7-10-21)26(31)19-12-13-20(23(15-19)33-4)16-29-22-11-8-14-27-25(22)28-24(29)17-32-3/h8,11-15,18,21H,5-7,9-10,16-17H2,1-4H3. The van der Waals surface area contributed by atoms with Gasteiger partial charge in [0, 0.05) is 36.5 Å². The van der Waals surface area contributed by atoms with E-state index in [9.17, 15) is 4.79 Å². The Bertz CT molecular complexity index is 1100. The molecule has 0 spiro atoms. The smallest absolute Gasteiger partial charge is 0.254 e. The molecule has 1 saturated carbocycles. The van der Waals surface area contributed by atoms with Crippen LogP contribution in [-0.4, -0.2) is 51.6 Å². The van der Waals surface area contributed by atoms with Crippen LogP contribution in [-0.2, 0) is 17.9 Å². The third kappa shape index (κ3) is 4.88. The van der Waals surface area contributed by atoms with Crippen LogP contribution in [0.5, 0.6) is 5.75 Å². The largest absolute Gasteiger partial charge is 0.496 e. The van der Waals surface area contributed by atoms with E-state index in [1.165, 1.54) is 19.3 Å². The van der Waals surface area contributed by atoms with Crippen LogP contribution in [0.4, 0.5) is 0 Å². The molecule has 0 bridgehead atoms. The second-order valence-corrected chi connectivity index (χ2v) is 9.02. The van der Waals surface area contributed by atoms with Gasteiger partial charge in [-0.25, -0.2) is 9.97 Å². The highest BCUT2D eigenvalue weighted by atomic mass is 16.5. The van der Waals surface area contributed by atoms with E-state index in [0.717, 1.165) is 29.7 Å². The Morgan fingerprint density at radius 2 is 1.97 bits per heavy atom. The van der Waals surface area contributed by atoms with Gasteiger partial charge in [0.25, 0.3) is 5.91 Å². The summed E-state index contributed by atoms with van der Waals surface area (Å²) in [5.41, 5.74) is 3.28. The summed E-state index contributed by atoms with van der Waals surface area (Å²) >= 11 is 0. The molecule has 0 aliphatic heterocycles. The zero-order valence-electron chi connectivity index (χ0n) is 20.1. The number of carbonyl (C=O) groups is 1. The van der Waals surface area contributed by atoms with E-state index < -0.39 is 0 Å². The minimum atomic E-state index is 0.0825. The Hall–Kier alpha value is -2.93. The van der Waals surface area contributed by atoms with E-state index in [2.05, 4.69) is 33.3 Å². The van der Waals surface area contributed by atoms with Gasteiger partial charge in [0.15, 0.2) is 5.65 Å². The highest BCUT2D eigenvalue weighted by Gasteiger charge is 2.29. The molecule has 0 saturated heterocycles. The number of aromatic nitrogens is 3. The molecule has 1 aliphatic carbocycles. The lowest BCUT2D eigenvalue weighted by molar-refractivity contribution is 0.0555. The maximum absolute atomic E-state index is 13.5. The summed E-state index contributed by atoms with van der Waals surface area (Å²) in [6.45, 7) is 5.15. The molecule has 1 fully saturated rings. The number of methoxy groups -OCH3 is 2. The zero-order chi connectivity index (χ0) is 23.4. The van der Waals surface area contributed by atoms with Crippen molar-refractivity contribution in [2.75, 3.05) is 14.2 Å². The first-order valence-corrected chi connectivity index (χ1v) is 11.8. The summed E-state index contributed by atoms with van der Waals surface area (Å²) in [5, 5.41) is 0. The average Bonchev–Trinajstić information content (AvgIpc) is 3.17. The van der Waals surface area contributed by atoms with Gasteiger partial charge in [-0.1, -0.05) is 25.3 Å². The first-order chi connectivity index (χ1) is 16.0. The summed E-state index contributed by atoms with van der Waals surface area (Å²) in [5.74, 6) is 1.58. The van der Waals surface area contributed by atoms with Crippen LogP contribution in [0.15, 0.2) is 36.5 Å². The lowest BCUT2D eigenvalue weighted by Crippen LogP contribution is -2.45. The molecular weight excluding hydrogens is 416 g/mol. The van der Waals surface area contributed by atoms with Crippen molar-refractivity contribution in [3.05, 3.63) is 53.5 Å². The minimum absolute atomic E-state index is 0.0825. The van der Waals surface area contributed by atoms with Crippen molar-refractivity contribution in [1.82, 2.24) is 19.4 Å². The van der Waals surface area contributed by atoms with Gasteiger partial charge >= 0.3 is 0 Å². The first kappa shape index (κ1) is 23.2.